The number of benzene rings is 2. The third-order valence-electron chi connectivity index (χ3n) is 6.97. The zero-order valence-electron chi connectivity index (χ0n) is 19.6. The molecule has 1 spiro atoms. The van der Waals surface area contributed by atoms with Crippen molar-refractivity contribution >= 4 is 17.7 Å². The number of ketones is 1. The highest BCUT2D eigenvalue weighted by molar-refractivity contribution is 6.12. The third kappa shape index (κ3) is 3.88. The summed E-state index contributed by atoms with van der Waals surface area (Å²) in [6.07, 6.45) is 0.985. The van der Waals surface area contributed by atoms with Gasteiger partial charge in [0, 0.05) is 35.5 Å². The molecule has 0 aliphatic carbocycles. The van der Waals surface area contributed by atoms with Crippen LogP contribution in [0.4, 0.5) is 9.18 Å². The van der Waals surface area contributed by atoms with Crippen molar-refractivity contribution in [3.63, 3.8) is 0 Å². The molecule has 7 nitrogen and oxygen atoms in total. The van der Waals surface area contributed by atoms with E-state index in [0.29, 0.717) is 42.9 Å². The summed E-state index contributed by atoms with van der Waals surface area (Å²) in [7, 11) is 0. The minimum Gasteiger partial charge on any atom is -0.493 e. The SMILES string of the molecule is Cc1cc(C(=O)CN2C(=O)N[C@]3(CCOc4ccccc43)C2=O)c(C)n1CCc1ccc(F)cc1. The number of fused-ring (bicyclic) bond motifs is 2. The van der Waals surface area contributed by atoms with Gasteiger partial charge in [-0.3, -0.25) is 14.5 Å². The van der Waals surface area contributed by atoms with Crippen LogP contribution in [0.3, 0.4) is 0 Å². The molecular weight excluding hydrogens is 449 g/mol. The summed E-state index contributed by atoms with van der Waals surface area (Å²) in [4.78, 5) is 40.6. The minimum atomic E-state index is -1.21. The largest absolute Gasteiger partial charge is 0.493 e. The van der Waals surface area contributed by atoms with Crippen LogP contribution in [0.2, 0.25) is 0 Å². The lowest BCUT2D eigenvalue weighted by molar-refractivity contribution is -0.132. The lowest BCUT2D eigenvalue weighted by Crippen LogP contribution is -2.47. The summed E-state index contributed by atoms with van der Waals surface area (Å²) in [6.45, 7) is 4.35. The molecule has 3 heterocycles. The smallest absolute Gasteiger partial charge is 0.325 e. The van der Waals surface area contributed by atoms with Gasteiger partial charge in [0.05, 0.1) is 13.2 Å². The number of para-hydroxylation sites is 1. The Bertz CT molecular complexity index is 1330. The number of carbonyl (C=O) groups excluding carboxylic acids is 3. The molecule has 1 atom stereocenters. The molecular formula is C27H26FN3O4. The van der Waals surface area contributed by atoms with E-state index >= 15 is 0 Å². The van der Waals surface area contributed by atoms with Crippen molar-refractivity contribution in [2.75, 3.05) is 13.2 Å². The van der Waals surface area contributed by atoms with Crippen LogP contribution in [0.5, 0.6) is 5.75 Å². The van der Waals surface area contributed by atoms with E-state index in [-0.39, 0.29) is 18.1 Å². The van der Waals surface area contributed by atoms with Crippen molar-refractivity contribution in [2.24, 2.45) is 0 Å². The minimum absolute atomic E-state index is 0.276. The standard InChI is InChI=1S/C27H26FN3O4/c1-17-15-21(18(2)30(17)13-11-19-7-9-20(28)10-8-19)23(32)16-31-25(33)27(29-26(31)34)12-14-35-24-6-4-3-5-22(24)27/h3-10,15H,11-14,16H2,1-2H3,(H,29,34)/t27-/m0/s1. The number of urea groups is 1. The van der Waals surface area contributed by atoms with E-state index in [1.54, 1.807) is 36.4 Å². The highest BCUT2D eigenvalue weighted by Gasteiger charge is 2.55. The Morgan fingerprint density at radius 3 is 2.63 bits per heavy atom. The van der Waals surface area contributed by atoms with Gasteiger partial charge in [0.1, 0.15) is 11.6 Å². The fourth-order valence-electron chi connectivity index (χ4n) is 5.06. The highest BCUT2D eigenvalue weighted by atomic mass is 19.1. The van der Waals surface area contributed by atoms with Crippen LogP contribution in [-0.2, 0) is 23.3 Å². The summed E-state index contributed by atoms with van der Waals surface area (Å²) in [5.74, 6) is -0.449. The van der Waals surface area contributed by atoms with E-state index in [0.717, 1.165) is 21.9 Å². The van der Waals surface area contributed by atoms with Gasteiger partial charge in [-0.2, -0.15) is 0 Å². The van der Waals surface area contributed by atoms with Crippen LogP contribution in [0.25, 0.3) is 0 Å². The molecule has 2 aliphatic heterocycles. The number of imide groups is 1. The van der Waals surface area contributed by atoms with Gasteiger partial charge >= 0.3 is 6.03 Å². The van der Waals surface area contributed by atoms with Gasteiger partial charge in [-0.05, 0) is 50.1 Å². The molecule has 2 aliphatic rings. The maximum absolute atomic E-state index is 13.5. The van der Waals surface area contributed by atoms with E-state index in [1.165, 1.54) is 12.1 Å². The van der Waals surface area contributed by atoms with E-state index in [2.05, 4.69) is 5.32 Å². The average Bonchev–Trinajstić information content (AvgIpc) is 3.26. The Hall–Kier alpha value is -3.94. The van der Waals surface area contributed by atoms with Gasteiger partial charge < -0.3 is 14.6 Å². The van der Waals surface area contributed by atoms with Gasteiger partial charge in [0.15, 0.2) is 11.3 Å². The predicted molar refractivity (Wildman–Crippen MR) is 127 cm³/mol. The van der Waals surface area contributed by atoms with Gasteiger partial charge in [-0.15, -0.1) is 0 Å². The van der Waals surface area contributed by atoms with Crippen molar-refractivity contribution in [3.8, 4) is 5.75 Å². The normalized spacial score (nSPS) is 19.0. The number of carbonyl (C=O) groups is 3. The van der Waals surface area contributed by atoms with Crippen molar-refractivity contribution in [2.45, 2.75) is 38.8 Å². The molecule has 180 valence electrons. The first kappa shape index (κ1) is 22.8. The van der Waals surface area contributed by atoms with E-state index in [4.69, 9.17) is 4.74 Å². The molecule has 3 aromatic rings. The summed E-state index contributed by atoms with van der Waals surface area (Å²) in [5, 5.41) is 2.83. The second kappa shape index (κ2) is 8.69. The number of hydrogen-bond donors (Lipinski definition) is 1. The maximum Gasteiger partial charge on any atom is 0.325 e. The van der Waals surface area contributed by atoms with Crippen LogP contribution in [0, 0.1) is 19.7 Å². The monoisotopic (exact) mass is 475 g/mol. The van der Waals surface area contributed by atoms with Crippen molar-refractivity contribution < 1.29 is 23.5 Å². The van der Waals surface area contributed by atoms with Crippen LogP contribution in [0.1, 0.15) is 39.3 Å². The number of rotatable bonds is 6. The second-order valence-electron chi connectivity index (χ2n) is 9.06. The second-order valence-corrected chi connectivity index (χ2v) is 9.06. The first-order valence-corrected chi connectivity index (χ1v) is 11.6. The molecule has 5 rings (SSSR count). The molecule has 3 amide bonds. The maximum atomic E-state index is 13.5. The van der Waals surface area contributed by atoms with Gasteiger partial charge in [-0.25, -0.2) is 9.18 Å². The summed E-state index contributed by atoms with van der Waals surface area (Å²) < 4.78 is 20.9. The summed E-state index contributed by atoms with van der Waals surface area (Å²) >= 11 is 0. The molecule has 1 N–H and O–H groups in total. The number of amides is 3. The van der Waals surface area contributed by atoms with Crippen LogP contribution in [0.15, 0.2) is 54.6 Å². The number of aryl methyl sites for hydroxylation is 2. The molecule has 1 aromatic heterocycles. The molecule has 35 heavy (non-hydrogen) atoms. The predicted octanol–water partition coefficient (Wildman–Crippen LogP) is 3.90. The molecule has 0 unspecified atom stereocenters. The van der Waals surface area contributed by atoms with E-state index < -0.39 is 17.5 Å². The number of hydrogen-bond acceptors (Lipinski definition) is 4. The summed E-state index contributed by atoms with van der Waals surface area (Å²) in [5.41, 5.74) is 2.55. The van der Waals surface area contributed by atoms with E-state index in [1.807, 2.05) is 24.5 Å². The molecule has 1 fully saturated rings. The summed E-state index contributed by atoms with van der Waals surface area (Å²) in [6, 6.07) is 14.7. The Labute approximate surface area is 202 Å². The Balaban J connectivity index is 1.34. The van der Waals surface area contributed by atoms with Crippen LogP contribution < -0.4 is 10.1 Å². The number of Topliss-reactive ketones (excluding diaryl/α,β-unsaturated/α-hetero) is 1. The first-order valence-electron chi connectivity index (χ1n) is 11.6. The Morgan fingerprint density at radius 2 is 1.86 bits per heavy atom. The van der Waals surface area contributed by atoms with E-state index in [9.17, 15) is 18.8 Å². The van der Waals surface area contributed by atoms with Crippen LogP contribution >= 0.6 is 0 Å². The van der Waals surface area contributed by atoms with Crippen molar-refractivity contribution in [1.82, 2.24) is 14.8 Å². The number of nitrogens with zero attached hydrogens (tertiary/aromatic N) is 2. The topological polar surface area (TPSA) is 80.6 Å². The zero-order valence-corrected chi connectivity index (χ0v) is 19.6. The fourth-order valence-corrected chi connectivity index (χ4v) is 5.06. The molecule has 0 saturated carbocycles. The zero-order chi connectivity index (χ0) is 24.7. The molecule has 8 heteroatoms. The first-order chi connectivity index (χ1) is 16.8. The van der Waals surface area contributed by atoms with Crippen molar-refractivity contribution in [1.29, 1.82) is 0 Å². The van der Waals surface area contributed by atoms with Gasteiger partial charge in [0.25, 0.3) is 5.91 Å². The van der Waals surface area contributed by atoms with Crippen molar-refractivity contribution in [3.05, 3.63) is 88.5 Å². The average molecular weight is 476 g/mol. The molecule has 0 bridgehead atoms. The van der Waals surface area contributed by atoms with Crippen LogP contribution in [-0.4, -0.2) is 40.3 Å². The lowest BCUT2D eigenvalue weighted by atomic mass is 9.84. The van der Waals surface area contributed by atoms with Gasteiger partial charge in [0.2, 0.25) is 0 Å². The number of aromatic nitrogens is 1. The number of nitrogens with one attached hydrogen (secondary N) is 1. The molecule has 0 radical (unpaired) electrons. The number of halogens is 1. The lowest BCUT2D eigenvalue weighted by Gasteiger charge is -2.33. The Kier molecular flexibility index (Phi) is 5.67. The van der Waals surface area contributed by atoms with Gasteiger partial charge in [-0.1, -0.05) is 30.3 Å². The molecule has 2 aromatic carbocycles. The quantitative estimate of drug-likeness (QED) is 0.433. The fraction of sp³-hybridized carbons (Fsp3) is 0.296. The highest BCUT2D eigenvalue weighted by Crippen LogP contribution is 2.41. The Morgan fingerprint density at radius 1 is 1.11 bits per heavy atom. The number of ether oxygens (including phenoxy) is 1. The molecule has 1 saturated heterocycles. The third-order valence-corrected chi connectivity index (χ3v) is 6.97.